The Morgan fingerprint density at radius 2 is 1.80 bits per heavy atom. The Morgan fingerprint density at radius 3 is 2.43 bits per heavy atom. The smallest absolute Gasteiger partial charge is 0.264 e. The lowest BCUT2D eigenvalue weighted by Crippen LogP contribution is -2.22. The quantitative estimate of drug-likeness (QED) is 0.350. The Morgan fingerprint density at radius 1 is 1.09 bits per heavy atom. The van der Waals surface area contributed by atoms with Gasteiger partial charge in [0.2, 0.25) is 17.6 Å². The maximum Gasteiger partial charge on any atom is 0.264 e. The first-order valence-corrected chi connectivity index (χ1v) is 11.9. The van der Waals surface area contributed by atoms with E-state index in [2.05, 4.69) is 25.9 Å². The number of amides is 2. The highest BCUT2D eigenvalue weighted by atomic mass is 32.2. The lowest BCUT2D eigenvalue weighted by molar-refractivity contribution is -0.117. The molecule has 2 aromatic carbocycles. The fourth-order valence-corrected chi connectivity index (χ4v) is 3.91. The third-order valence-corrected chi connectivity index (χ3v) is 5.70. The summed E-state index contributed by atoms with van der Waals surface area (Å²) in [5, 5.41) is 14.7. The molecule has 2 N–H and O–H groups in total. The minimum Gasteiger partial charge on any atom is -0.497 e. The molecule has 0 bridgehead atoms. The van der Waals surface area contributed by atoms with E-state index >= 15 is 0 Å². The van der Waals surface area contributed by atoms with Crippen LogP contribution in [0.15, 0.2) is 58.1 Å². The highest BCUT2D eigenvalue weighted by Crippen LogP contribution is 2.36. The number of carbonyl (C=O) groups is 2. The Hall–Kier alpha value is -4.12. The number of nitrogens with one attached hydrogen (secondary N) is 2. The maximum atomic E-state index is 12.8. The van der Waals surface area contributed by atoms with E-state index in [9.17, 15) is 9.59 Å². The molecule has 10 nitrogen and oxygen atoms in total. The van der Waals surface area contributed by atoms with Gasteiger partial charge in [0.25, 0.3) is 5.89 Å². The van der Waals surface area contributed by atoms with E-state index in [-0.39, 0.29) is 24.2 Å². The Bertz CT molecular complexity index is 1350. The molecule has 0 saturated heterocycles. The molecule has 0 aliphatic heterocycles. The first kappa shape index (κ1) is 24.0. The van der Waals surface area contributed by atoms with Crippen LogP contribution in [0, 0.1) is 6.92 Å². The van der Waals surface area contributed by atoms with Crippen LogP contribution in [0.1, 0.15) is 12.5 Å². The highest BCUT2D eigenvalue weighted by molar-refractivity contribution is 7.98. The molecule has 0 spiro atoms. The van der Waals surface area contributed by atoms with Crippen molar-refractivity contribution in [2.24, 2.45) is 0 Å². The standard InChI is InChI=1S/C24H24N6O4S/c1-14-5-7-16(8-6-14)21-27-23(34-29-21)20-22(25-15(2)31)30(28-24(20)35-4)13-19(32)26-17-9-11-18(33-3)12-10-17/h5-12H,13H2,1-4H3,(H,25,31)(H,26,32). The average molecular weight is 493 g/mol. The number of ether oxygens (including phenoxy) is 1. The van der Waals surface area contributed by atoms with Crippen LogP contribution in [0.2, 0.25) is 0 Å². The fraction of sp³-hybridized carbons (Fsp3) is 0.208. The zero-order chi connectivity index (χ0) is 24.9. The van der Waals surface area contributed by atoms with E-state index < -0.39 is 0 Å². The molecule has 0 atom stereocenters. The van der Waals surface area contributed by atoms with Gasteiger partial charge in [-0.1, -0.05) is 35.0 Å². The predicted octanol–water partition coefficient (Wildman–Crippen LogP) is 4.24. The van der Waals surface area contributed by atoms with E-state index in [0.717, 1.165) is 11.1 Å². The van der Waals surface area contributed by atoms with Gasteiger partial charge < -0.3 is 19.9 Å². The second-order valence-corrected chi connectivity index (χ2v) is 8.43. The molecule has 2 aromatic heterocycles. The fourth-order valence-electron chi connectivity index (χ4n) is 3.34. The summed E-state index contributed by atoms with van der Waals surface area (Å²) in [5.41, 5.74) is 2.97. The zero-order valence-electron chi connectivity index (χ0n) is 19.7. The molecule has 180 valence electrons. The first-order chi connectivity index (χ1) is 16.9. The summed E-state index contributed by atoms with van der Waals surface area (Å²) in [6.07, 6.45) is 1.84. The molecule has 0 aliphatic carbocycles. The van der Waals surface area contributed by atoms with E-state index in [0.29, 0.717) is 33.7 Å². The molecule has 0 saturated carbocycles. The van der Waals surface area contributed by atoms with Crippen LogP contribution in [-0.2, 0) is 16.1 Å². The van der Waals surface area contributed by atoms with Gasteiger partial charge in [0, 0.05) is 18.2 Å². The van der Waals surface area contributed by atoms with Crippen LogP contribution in [0.3, 0.4) is 0 Å². The minimum atomic E-state index is -0.325. The molecule has 4 aromatic rings. The molecule has 0 aliphatic rings. The number of aromatic nitrogens is 4. The van der Waals surface area contributed by atoms with Gasteiger partial charge in [0.15, 0.2) is 0 Å². The van der Waals surface area contributed by atoms with E-state index in [1.807, 2.05) is 37.4 Å². The van der Waals surface area contributed by atoms with Gasteiger partial charge in [-0.2, -0.15) is 10.1 Å². The average Bonchev–Trinajstić information content (AvgIpc) is 3.44. The second-order valence-electron chi connectivity index (χ2n) is 7.64. The van der Waals surface area contributed by atoms with Gasteiger partial charge in [0.05, 0.1) is 7.11 Å². The molecule has 4 rings (SSSR count). The van der Waals surface area contributed by atoms with Crippen molar-refractivity contribution in [3.8, 4) is 28.6 Å². The normalized spacial score (nSPS) is 10.7. The summed E-state index contributed by atoms with van der Waals surface area (Å²) in [4.78, 5) is 29.3. The molecule has 0 unspecified atom stereocenters. The van der Waals surface area contributed by atoms with Crippen molar-refractivity contribution in [3.63, 3.8) is 0 Å². The molecule has 35 heavy (non-hydrogen) atoms. The lowest BCUT2D eigenvalue weighted by atomic mass is 10.1. The molecular weight excluding hydrogens is 468 g/mol. The Kier molecular flexibility index (Phi) is 7.16. The monoisotopic (exact) mass is 492 g/mol. The number of benzene rings is 2. The molecule has 0 radical (unpaired) electrons. The van der Waals surface area contributed by atoms with E-state index in [1.54, 1.807) is 31.4 Å². The summed E-state index contributed by atoms with van der Waals surface area (Å²) in [6, 6.07) is 14.7. The molecular formula is C24H24N6O4S. The van der Waals surface area contributed by atoms with Gasteiger partial charge >= 0.3 is 0 Å². The number of rotatable bonds is 8. The topological polar surface area (TPSA) is 124 Å². The van der Waals surface area contributed by atoms with Crippen LogP contribution < -0.4 is 15.4 Å². The van der Waals surface area contributed by atoms with Crippen molar-refractivity contribution in [1.82, 2.24) is 19.9 Å². The van der Waals surface area contributed by atoms with E-state index in [1.165, 1.54) is 23.4 Å². The van der Waals surface area contributed by atoms with Gasteiger partial charge in [-0.15, -0.1) is 11.8 Å². The van der Waals surface area contributed by atoms with Crippen molar-refractivity contribution in [2.75, 3.05) is 24.0 Å². The largest absolute Gasteiger partial charge is 0.497 e. The summed E-state index contributed by atoms with van der Waals surface area (Å²) >= 11 is 1.34. The summed E-state index contributed by atoms with van der Waals surface area (Å²) in [5.74, 6) is 0.928. The summed E-state index contributed by atoms with van der Waals surface area (Å²) in [6.45, 7) is 3.23. The van der Waals surface area contributed by atoms with Gasteiger partial charge in [-0.3, -0.25) is 9.59 Å². The number of hydrogen-bond acceptors (Lipinski definition) is 8. The summed E-state index contributed by atoms with van der Waals surface area (Å²) in [7, 11) is 1.57. The van der Waals surface area contributed by atoms with Crippen LogP contribution in [-0.4, -0.2) is 45.1 Å². The number of anilines is 2. The first-order valence-electron chi connectivity index (χ1n) is 10.7. The number of thioether (sulfide) groups is 1. The van der Waals surface area contributed by atoms with Crippen LogP contribution >= 0.6 is 11.8 Å². The third kappa shape index (κ3) is 5.52. The Labute approximate surface area is 206 Å². The third-order valence-electron chi connectivity index (χ3n) is 5.02. The van der Waals surface area contributed by atoms with Crippen molar-refractivity contribution in [3.05, 3.63) is 54.1 Å². The van der Waals surface area contributed by atoms with Gasteiger partial charge in [0.1, 0.15) is 28.7 Å². The van der Waals surface area contributed by atoms with Crippen molar-refractivity contribution in [2.45, 2.75) is 25.4 Å². The second kappa shape index (κ2) is 10.4. The minimum absolute atomic E-state index is 0.145. The number of nitrogens with zero attached hydrogens (tertiary/aromatic N) is 4. The van der Waals surface area contributed by atoms with Crippen LogP contribution in [0.5, 0.6) is 5.75 Å². The molecule has 2 heterocycles. The van der Waals surface area contributed by atoms with Gasteiger partial charge in [-0.25, -0.2) is 4.68 Å². The highest BCUT2D eigenvalue weighted by Gasteiger charge is 2.26. The number of hydrogen-bond donors (Lipinski definition) is 2. The van der Waals surface area contributed by atoms with Crippen LogP contribution in [0.25, 0.3) is 22.8 Å². The predicted molar refractivity (Wildman–Crippen MR) is 133 cm³/mol. The van der Waals surface area contributed by atoms with Crippen LogP contribution in [0.4, 0.5) is 11.5 Å². The van der Waals surface area contributed by atoms with Crippen molar-refractivity contribution < 1.29 is 18.8 Å². The number of carbonyl (C=O) groups excluding carboxylic acids is 2. The lowest BCUT2D eigenvalue weighted by Gasteiger charge is -2.10. The SMILES string of the molecule is COc1ccc(NC(=O)Cn2nc(SC)c(-c3nc(-c4ccc(C)cc4)no3)c2NC(C)=O)cc1. The van der Waals surface area contributed by atoms with Gasteiger partial charge in [-0.05, 0) is 37.4 Å². The molecule has 11 heteroatoms. The molecule has 2 amide bonds. The number of aryl methyl sites for hydroxylation is 1. The Balaban J connectivity index is 1.65. The maximum absolute atomic E-state index is 12.8. The molecule has 0 fully saturated rings. The van der Waals surface area contributed by atoms with Crippen molar-refractivity contribution >= 4 is 35.1 Å². The van der Waals surface area contributed by atoms with Crippen molar-refractivity contribution in [1.29, 1.82) is 0 Å². The number of methoxy groups -OCH3 is 1. The van der Waals surface area contributed by atoms with E-state index in [4.69, 9.17) is 9.26 Å². The zero-order valence-corrected chi connectivity index (χ0v) is 20.5. The summed E-state index contributed by atoms with van der Waals surface area (Å²) < 4.78 is 12.1.